The molecule has 3 aromatic rings. The first-order valence-corrected chi connectivity index (χ1v) is 11.3. The minimum absolute atomic E-state index is 0.0263. The molecular weight excluding hydrogens is 421 g/mol. The van der Waals surface area contributed by atoms with Crippen LogP contribution < -0.4 is 4.31 Å². The van der Waals surface area contributed by atoms with E-state index in [1.54, 1.807) is 41.8 Å². The van der Waals surface area contributed by atoms with Gasteiger partial charge in [-0.1, -0.05) is 19.1 Å². The summed E-state index contributed by atoms with van der Waals surface area (Å²) >= 11 is 0. The van der Waals surface area contributed by atoms with Crippen molar-refractivity contribution < 1.29 is 22.7 Å². The maximum atomic E-state index is 13.3. The summed E-state index contributed by atoms with van der Waals surface area (Å²) in [6.07, 6.45) is 4.85. The first kappa shape index (κ1) is 22.5. The number of carboxylic acid groups (broad SMARTS) is 1. The number of imidazole rings is 1. The molecule has 1 heterocycles. The molecule has 31 heavy (non-hydrogen) atoms. The van der Waals surface area contributed by atoms with E-state index in [2.05, 4.69) is 4.98 Å². The van der Waals surface area contributed by atoms with Crippen LogP contribution in [0.4, 0.5) is 10.1 Å². The van der Waals surface area contributed by atoms with Gasteiger partial charge in [-0.05, 0) is 55.8 Å². The number of benzene rings is 2. The highest BCUT2D eigenvalue weighted by Crippen LogP contribution is 2.28. The Bertz CT molecular complexity index is 1220. The van der Waals surface area contributed by atoms with Crippen molar-refractivity contribution in [2.75, 3.05) is 10.8 Å². The van der Waals surface area contributed by atoms with Crippen LogP contribution in [0.25, 0.3) is 11.0 Å². The quantitative estimate of drug-likeness (QED) is 0.503. The molecule has 7 nitrogen and oxygen atoms in total. The van der Waals surface area contributed by atoms with Crippen molar-refractivity contribution in [2.24, 2.45) is 0 Å². The molecule has 0 aliphatic heterocycles. The van der Waals surface area contributed by atoms with Gasteiger partial charge in [0, 0.05) is 6.42 Å². The molecule has 0 spiro atoms. The standard InChI is InChI=1S/C22H24FN3O4S/c1-3-5-13-26(31(29,30)18-10-7-16(23)8-11-18)17-9-12-20-19(14-17)24-21(6-4-2)25(20)15-22(27)28/h3,5,7-12,14H,4,6,13,15H2,1-2H3,(H,27,28). The number of hydrogen-bond acceptors (Lipinski definition) is 4. The van der Waals surface area contributed by atoms with E-state index >= 15 is 0 Å². The summed E-state index contributed by atoms with van der Waals surface area (Å²) in [7, 11) is -3.96. The van der Waals surface area contributed by atoms with Crippen LogP contribution in [0.15, 0.2) is 59.5 Å². The van der Waals surface area contributed by atoms with Crippen molar-refractivity contribution >= 4 is 32.7 Å². The summed E-state index contributed by atoms with van der Waals surface area (Å²) in [6, 6.07) is 9.62. The Balaban J connectivity index is 2.12. The summed E-state index contributed by atoms with van der Waals surface area (Å²) in [5, 5.41) is 9.26. The number of aliphatic carboxylic acids is 1. The highest BCUT2D eigenvalue weighted by Gasteiger charge is 2.25. The Morgan fingerprint density at radius 2 is 1.94 bits per heavy atom. The van der Waals surface area contributed by atoms with Crippen LogP contribution in [0, 0.1) is 5.82 Å². The normalized spacial score (nSPS) is 12.0. The monoisotopic (exact) mass is 445 g/mol. The van der Waals surface area contributed by atoms with E-state index in [0.717, 1.165) is 18.6 Å². The molecule has 0 aliphatic rings. The number of nitrogens with zero attached hydrogens (tertiary/aromatic N) is 3. The first-order chi connectivity index (χ1) is 14.8. The molecule has 0 saturated carbocycles. The Labute approximate surface area is 180 Å². The fraction of sp³-hybridized carbons (Fsp3) is 0.273. The van der Waals surface area contributed by atoms with Gasteiger partial charge in [0.1, 0.15) is 18.2 Å². The van der Waals surface area contributed by atoms with Crippen LogP contribution in [-0.4, -0.2) is 35.6 Å². The lowest BCUT2D eigenvalue weighted by atomic mass is 10.2. The van der Waals surface area contributed by atoms with E-state index in [1.165, 1.54) is 16.4 Å². The van der Waals surface area contributed by atoms with Crippen molar-refractivity contribution in [1.29, 1.82) is 0 Å². The molecule has 1 N–H and O–H groups in total. The van der Waals surface area contributed by atoms with Gasteiger partial charge in [-0.3, -0.25) is 9.10 Å². The molecule has 0 amide bonds. The van der Waals surface area contributed by atoms with Gasteiger partial charge >= 0.3 is 5.97 Å². The fourth-order valence-electron chi connectivity index (χ4n) is 3.33. The molecule has 0 unspecified atom stereocenters. The van der Waals surface area contributed by atoms with Crippen LogP contribution in [-0.2, 0) is 27.8 Å². The second-order valence-electron chi connectivity index (χ2n) is 6.99. The Kier molecular flexibility index (Phi) is 6.74. The maximum absolute atomic E-state index is 13.3. The minimum atomic E-state index is -3.96. The third-order valence-electron chi connectivity index (χ3n) is 4.77. The zero-order valence-electron chi connectivity index (χ0n) is 17.3. The Morgan fingerprint density at radius 3 is 2.55 bits per heavy atom. The van der Waals surface area contributed by atoms with Crippen molar-refractivity contribution in [1.82, 2.24) is 9.55 Å². The van der Waals surface area contributed by atoms with Gasteiger partial charge in [0.15, 0.2) is 0 Å². The van der Waals surface area contributed by atoms with Gasteiger partial charge in [0.2, 0.25) is 0 Å². The molecule has 0 fully saturated rings. The van der Waals surface area contributed by atoms with Crippen molar-refractivity contribution in [3.63, 3.8) is 0 Å². The molecule has 0 aliphatic carbocycles. The topological polar surface area (TPSA) is 92.5 Å². The average molecular weight is 446 g/mol. The maximum Gasteiger partial charge on any atom is 0.323 e. The molecule has 2 aromatic carbocycles. The molecule has 0 bridgehead atoms. The summed E-state index contributed by atoms with van der Waals surface area (Å²) in [4.78, 5) is 15.8. The van der Waals surface area contributed by atoms with Crippen LogP contribution in [0.3, 0.4) is 0 Å². The SMILES string of the molecule is CC=CCN(c1ccc2c(c1)nc(CCC)n2CC(=O)O)S(=O)(=O)c1ccc(F)cc1. The zero-order chi connectivity index (χ0) is 22.6. The van der Waals surface area contributed by atoms with Crippen LogP contribution >= 0.6 is 0 Å². The van der Waals surface area contributed by atoms with E-state index in [0.29, 0.717) is 29.0 Å². The molecule has 0 saturated heterocycles. The first-order valence-electron chi connectivity index (χ1n) is 9.88. The number of aromatic nitrogens is 2. The van der Waals surface area contributed by atoms with Crippen molar-refractivity contribution in [2.45, 2.75) is 38.1 Å². The van der Waals surface area contributed by atoms with Gasteiger partial charge < -0.3 is 9.67 Å². The second kappa shape index (κ2) is 9.30. The van der Waals surface area contributed by atoms with Crippen LogP contribution in [0.5, 0.6) is 0 Å². The van der Waals surface area contributed by atoms with E-state index in [1.807, 2.05) is 6.92 Å². The number of hydrogen-bond donors (Lipinski definition) is 1. The van der Waals surface area contributed by atoms with Crippen molar-refractivity contribution in [3.8, 4) is 0 Å². The third kappa shape index (κ3) is 4.77. The molecule has 0 radical (unpaired) electrons. The molecule has 3 rings (SSSR count). The molecule has 164 valence electrons. The predicted octanol–water partition coefficient (Wildman–Crippen LogP) is 3.98. The number of sulfonamides is 1. The summed E-state index contributed by atoms with van der Waals surface area (Å²) in [5.74, 6) is -0.861. The molecular formula is C22H24FN3O4S. The number of allylic oxidation sites excluding steroid dienone is 1. The Hall–Kier alpha value is -3.20. The summed E-state index contributed by atoms with van der Waals surface area (Å²) < 4.78 is 42.7. The number of aryl methyl sites for hydroxylation is 1. The lowest BCUT2D eigenvalue weighted by Gasteiger charge is -2.23. The van der Waals surface area contributed by atoms with Gasteiger partial charge in [-0.15, -0.1) is 0 Å². The largest absolute Gasteiger partial charge is 0.480 e. The minimum Gasteiger partial charge on any atom is -0.480 e. The van der Waals surface area contributed by atoms with Gasteiger partial charge in [0.05, 0.1) is 28.2 Å². The number of rotatable bonds is 9. The summed E-state index contributed by atoms with van der Waals surface area (Å²) in [5.41, 5.74) is 1.53. The van der Waals surface area contributed by atoms with Crippen LogP contribution in [0.1, 0.15) is 26.1 Å². The van der Waals surface area contributed by atoms with Gasteiger partial charge in [-0.2, -0.15) is 0 Å². The van der Waals surface area contributed by atoms with Gasteiger partial charge in [0.25, 0.3) is 10.0 Å². The molecule has 9 heteroatoms. The van der Waals surface area contributed by atoms with Crippen LogP contribution in [0.2, 0.25) is 0 Å². The van der Waals surface area contributed by atoms with E-state index in [4.69, 9.17) is 0 Å². The van der Waals surface area contributed by atoms with E-state index in [-0.39, 0.29) is 18.0 Å². The Morgan fingerprint density at radius 1 is 1.23 bits per heavy atom. The number of halogens is 1. The molecule has 1 aromatic heterocycles. The van der Waals surface area contributed by atoms with E-state index < -0.39 is 21.8 Å². The zero-order valence-corrected chi connectivity index (χ0v) is 18.1. The van der Waals surface area contributed by atoms with Gasteiger partial charge in [-0.25, -0.2) is 17.8 Å². The second-order valence-corrected chi connectivity index (χ2v) is 8.85. The number of fused-ring (bicyclic) bond motifs is 1. The highest BCUT2D eigenvalue weighted by molar-refractivity contribution is 7.92. The number of anilines is 1. The fourth-order valence-corrected chi connectivity index (χ4v) is 4.73. The lowest BCUT2D eigenvalue weighted by molar-refractivity contribution is -0.137. The number of carbonyl (C=O) groups is 1. The molecule has 0 atom stereocenters. The predicted molar refractivity (Wildman–Crippen MR) is 117 cm³/mol. The van der Waals surface area contributed by atoms with E-state index in [9.17, 15) is 22.7 Å². The van der Waals surface area contributed by atoms with Crippen molar-refractivity contribution in [3.05, 3.63) is 66.3 Å². The summed E-state index contributed by atoms with van der Waals surface area (Å²) in [6.45, 7) is 3.63. The lowest BCUT2D eigenvalue weighted by Crippen LogP contribution is -2.31. The highest BCUT2D eigenvalue weighted by atomic mass is 32.2. The smallest absolute Gasteiger partial charge is 0.323 e. The average Bonchev–Trinajstić information content (AvgIpc) is 3.04. The third-order valence-corrected chi connectivity index (χ3v) is 6.58. The number of carboxylic acids is 1.